The Morgan fingerprint density at radius 2 is 2.17 bits per heavy atom. The first kappa shape index (κ1) is 7.47. The lowest BCUT2D eigenvalue weighted by molar-refractivity contribution is 0.112. The van der Waals surface area contributed by atoms with E-state index in [0.717, 1.165) is 18.4 Å². The first-order valence-electron chi connectivity index (χ1n) is 4.06. The maximum atomic E-state index is 13.0. The van der Waals surface area contributed by atoms with Crippen LogP contribution in [0.15, 0.2) is 18.2 Å². The molecule has 1 nitrogen and oxygen atoms in total. The number of carbonyl (C=O) groups is 1. The molecule has 0 N–H and O–H groups in total. The Kier molecular flexibility index (Phi) is 1.68. The van der Waals surface area contributed by atoms with Crippen molar-refractivity contribution < 1.29 is 9.18 Å². The molecule has 0 radical (unpaired) electrons. The van der Waals surface area contributed by atoms with Crippen LogP contribution in [0.1, 0.15) is 34.7 Å². The first-order chi connectivity index (χ1) is 5.81. The molecule has 0 atom stereocenters. The Balaban J connectivity index is 2.36. The Morgan fingerprint density at radius 1 is 1.42 bits per heavy atom. The van der Waals surface area contributed by atoms with Crippen LogP contribution in [0.2, 0.25) is 0 Å². The van der Waals surface area contributed by atoms with Crippen LogP contribution < -0.4 is 0 Å². The zero-order chi connectivity index (χ0) is 8.55. The molecule has 1 saturated carbocycles. The number of aldehydes is 1. The second-order valence-corrected chi connectivity index (χ2v) is 3.17. The van der Waals surface area contributed by atoms with Crippen molar-refractivity contribution in [3.05, 3.63) is 35.1 Å². The fraction of sp³-hybridized carbons (Fsp3) is 0.300. The summed E-state index contributed by atoms with van der Waals surface area (Å²) in [6, 6.07) is 4.86. The smallest absolute Gasteiger partial charge is 0.152 e. The van der Waals surface area contributed by atoms with Crippen molar-refractivity contribution >= 4 is 6.29 Å². The van der Waals surface area contributed by atoms with Gasteiger partial charge in [-0.2, -0.15) is 0 Å². The highest BCUT2D eigenvalue weighted by Gasteiger charge is 2.23. The van der Waals surface area contributed by atoms with E-state index >= 15 is 0 Å². The summed E-state index contributed by atoms with van der Waals surface area (Å²) in [7, 11) is 0. The second kappa shape index (κ2) is 2.70. The molecule has 1 aliphatic carbocycles. The van der Waals surface area contributed by atoms with E-state index < -0.39 is 5.82 Å². The molecule has 1 fully saturated rings. The van der Waals surface area contributed by atoms with Crippen molar-refractivity contribution in [1.82, 2.24) is 0 Å². The Morgan fingerprint density at radius 3 is 2.67 bits per heavy atom. The molecule has 1 aliphatic rings. The third-order valence-electron chi connectivity index (χ3n) is 2.20. The molecule has 2 heteroatoms. The molecule has 1 aromatic rings. The van der Waals surface area contributed by atoms with Gasteiger partial charge in [0.1, 0.15) is 5.82 Å². The van der Waals surface area contributed by atoms with Crippen LogP contribution in [-0.2, 0) is 0 Å². The largest absolute Gasteiger partial charge is 0.298 e. The molecular formula is C10H9FO. The van der Waals surface area contributed by atoms with Gasteiger partial charge in [0.25, 0.3) is 0 Å². The average Bonchev–Trinajstić information content (AvgIpc) is 2.86. The third kappa shape index (κ3) is 1.24. The summed E-state index contributed by atoms with van der Waals surface area (Å²) < 4.78 is 13.0. The molecule has 0 unspecified atom stereocenters. The van der Waals surface area contributed by atoms with Crippen LogP contribution in [0, 0.1) is 5.82 Å². The van der Waals surface area contributed by atoms with Crippen molar-refractivity contribution in [2.24, 2.45) is 0 Å². The van der Waals surface area contributed by atoms with E-state index in [2.05, 4.69) is 0 Å². The predicted molar refractivity (Wildman–Crippen MR) is 43.8 cm³/mol. The van der Waals surface area contributed by atoms with Crippen LogP contribution in [0.5, 0.6) is 0 Å². The summed E-state index contributed by atoms with van der Waals surface area (Å²) in [5.74, 6) is 0.148. The molecule has 0 spiro atoms. The van der Waals surface area contributed by atoms with Gasteiger partial charge in [-0.15, -0.1) is 0 Å². The average molecular weight is 164 g/mol. The fourth-order valence-electron chi connectivity index (χ4n) is 1.31. The number of rotatable bonds is 2. The van der Waals surface area contributed by atoms with Gasteiger partial charge in [-0.3, -0.25) is 4.79 Å². The molecule has 12 heavy (non-hydrogen) atoms. The van der Waals surface area contributed by atoms with Gasteiger partial charge in [-0.1, -0.05) is 6.07 Å². The summed E-state index contributed by atoms with van der Waals surface area (Å²) in [5.41, 5.74) is 1.18. The number of halogens is 1. The van der Waals surface area contributed by atoms with Crippen molar-refractivity contribution in [2.75, 3.05) is 0 Å². The summed E-state index contributed by atoms with van der Waals surface area (Å²) in [6.07, 6.45) is 2.85. The summed E-state index contributed by atoms with van der Waals surface area (Å²) in [6.45, 7) is 0. The number of hydrogen-bond acceptors (Lipinski definition) is 1. The summed E-state index contributed by atoms with van der Waals surface area (Å²) >= 11 is 0. The maximum Gasteiger partial charge on any atom is 0.152 e. The summed E-state index contributed by atoms with van der Waals surface area (Å²) in [5, 5.41) is 0. The zero-order valence-electron chi connectivity index (χ0n) is 6.59. The minimum Gasteiger partial charge on any atom is -0.298 e. The van der Waals surface area contributed by atoms with Crippen LogP contribution in [0.4, 0.5) is 4.39 Å². The van der Waals surface area contributed by atoms with E-state index in [1.54, 1.807) is 6.07 Å². The lowest BCUT2D eigenvalue weighted by Crippen LogP contribution is -1.89. The van der Waals surface area contributed by atoms with Crippen molar-refractivity contribution in [1.29, 1.82) is 0 Å². The number of benzene rings is 1. The SMILES string of the molecule is O=Cc1ccc(C2CC2)cc1F. The van der Waals surface area contributed by atoms with Crippen LogP contribution >= 0.6 is 0 Å². The van der Waals surface area contributed by atoms with E-state index in [0.29, 0.717) is 12.2 Å². The molecule has 1 aromatic carbocycles. The highest BCUT2D eigenvalue weighted by molar-refractivity contribution is 5.75. The van der Waals surface area contributed by atoms with Gasteiger partial charge in [0, 0.05) is 0 Å². The molecule has 2 rings (SSSR count). The van der Waals surface area contributed by atoms with E-state index in [1.807, 2.05) is 6.07 Å². The van der Waals surface area contributed by atoms with E-state index in [-0.39, 0.29) is 5.56 Å². The van der Waals surface area contributed by atoms with Gasteiger partial charge in [0.2, 0.25) is 0 Å². The maximum absolute atomic E-state index is 13.0. The molecule has 62 valence electrons. The van der Waals surface area contributed by atoms with Crippen LogP contribution in [0.3, 0.4) is 0 Å². The molecular weight excluding hydrogens is 155 g/mol. The van der Waals surface area contributed by atoms with Gasteiger partial charge < -0.3 is 0 Å². The van der Waals surface area contributed by atoms with Gasteiger partial charge in [0.05, 0.1) is 5.56 Å². The molecule has 0 aromatic heterocycles. The highest BCUT2D eigenvalue weighted by Crippen LogP contribution is 2.40. The lowest BCUT2D eigenvalue weighted by Gasteiger charge is -1.98. The zero-order valence-corrected chi connectivity index (χ0v) is 6.59. The van der Waals surface area contributed by atoms with Crippen molar-refractivity contribution in [3.8, 4) is 0 Å². The summed E-state index contributed by atoms with van der Waals surface area (Å²) in [4.78, 5) is 10.3. The third-order valence-corrected chi connectivity index (χ3v) is 2.20. The minimum atomic E-state index is -0.394. The monoisotopic (exact) mass is 164 g/mol. The Bertz CT molecular complexity index is 316. The quantitative estimate of drug-likeness (QED) is 0.614. The Hall–Kier alpha value is -1.18. The van der Waals surface area contributed by atoms with E-state index in [1.165, 1.54) is 6.07 Å². The number of carbonyl (C=O) groups excluding carboxylic acids is 1. The topological polar surface area (TPSA) is 17.1 Å². The molecule has 0 heterocycles. The van der Waals surface area contributed by atoms with Crippen LogP contribution in [0.25, 0.3) is 0 Å². The minimum absolute atomic E-state index is 0.152. The van der Waals surface area contributed by atoms with Crippen molar-refractivity contribution in [3.63, 3.8) is 0 Å². The second-order valence-electron chi connectivity index (χ2n) is 3.17. The van der Waals surface area contributed by atoms with Gasteiger partial charge in [-0.25, -0.2) is 4.39 Å². The normalized spacial score (nSPS) is 16.1. The Labute approximate surface area is 70.2 Å². The van der Waals surface area contributed by atoms with Gasteiger partial charge in [-0.05, 0) is 36.5 Å². The van der Waals surface area contributed by atoms with Gasteiger partial charge >= 0.3 is 0 Å². The van der Waals surface area contributed by atoms with Crippen molar-refractivity contribution in [2.45, 2.75) is 18.8 Å². The standard InChI is InChI=1S/C10H9FO/c11-10-5-8(7-1-2-7)3-4-9(10)6-12/h3-7H,1-2H2. The van der Waals surface area contributed by atoms with Gasteiger partial charge in [0.15, 0.2) is 6.29 Å². The lowest BCUT2D eigenvalue weighted by atomic mass is 10.1. The fourth-order valence-corrected chi connectivity index (χ4v) is 1.31. The first-order valence-corrected chi connectivity index (χ1v) is 4.06. The van der Waals surface area contributed by atoms with E-state index in [4.69, 9.17) is 0 Å². The van der Waals surface area contributed by atoms with Crippen LogP contribution in [-0.4, -0.2) is 6.29 Å². The van der Waals surface area contributed by atoms with E-state index in [9.17, 15) is 9.18 Å². The predicted octanol–water partition coefficient (Wildman–Crippen LogP) is 2.52. The highest BCUT2D eigenvalue weighted by atomic mass is 19.1. The number of hydrogen-bond donors (Lipinski definition) is 0. The molecule has 0 bridgehead atoms. The molecule has 0 saturated heterocycles. The molecule has 0 amide bonds. The molecule has 0 aliphatic heterocycles.